The third-order valence-electron chi connectivity index (χ3n) is 2.28. The van der Waals surface area contributed by atoms with Gasteiger partial charge in [0.2, 0.25) is 0 Å². The third kappa shape index (κ3) is 2.42. The molecule has 0 aliphatic rings. The molecule has 17 heavy (non-hydrogen) atoms. The van der Waals surface area contributed by atoms with E-state index in [1.807, 2.05) is 6.07 Å². The van der Waals surface area contributed by atoms with E-state index in [1.54, 1.807) is 25.1 Å². The van der Waals surface area contributed by atoms with Crippen molar-refractivity contribution in [1.29, 1.82) is 5.26 Å². The topological polar surface area (TPSA) is 78.8 Å². The van der Waals surface area contributed by atoms with E-state index < -0.39 is 0 Å². The number of nitriles is 1. The van der Waals surface area contributed by atoms with Crippen LogP contribution < -0.4 is 0 Å². The van der Waals surface area contributed by atoms with Gasteiger partial charge in [-0.05, 0) is 25.1 Å². The summed E-state index contributed by atoms with van der Waals surface area (Å²) in [5, 5.41) is 8.76. The van der Waals surface area contributed by atoms with Gasteiger partial charge < -0.3 is 9.72 Å². The summed E-state index contributed by atoms with van der Waals surface area (Å²) >= 11 is 0. The molecular weight excluding hydrogens is 218 g/mol. The number of H-pyrrole nitrogens is 1. The molecule has 1 aromatic heterocycles. The minimum absolute atomic E-state index is 0.115. The number of aromatic amines is 1. The zero-order valence-electron chi connectivity index (χ0n) is 9.36. The molecule has 0 saturated carbocycles. The Bertz CT molecular complexity index is 595. The van der Waals surface area contributed by atoms with Gasteiger partial charge >= 0.3 is 5.97 Å². The van der Waals surface area contributed by atoms with Crippen molar-refractivity contribution in [2.75, 3.05) is 6.61 Å². The fourth-order valence-electron chi connectivity index (χ4n) is 1.56. The first kappa shape index (κ1) is 11.1. The Morgan fingerprint density at radius 1 is 1.59 bits per heavy atom. The van der Waals surface area contributed by atoms with Crippen LogP contribution in [0.5, 0.6) is 0 Å². The zero-order valence-corrected chi connectivity index (χ0v) is 9.36. The summed E-state index contributed by atoms with van der Waals surface area (Å²) in [6, 6.07) is 7.20. The minimum atomic E-state index is -0.313. The monoisotopic (exact) mass is 229 g/mol. The number of ether oxygens (including phenoxy) is 1. The Morgan fingerprint density at radius 3 is 3.12 bits per heavy atom. The maximum absolute atomic E-state index is 11.3. The molecule has 0 spiro atoms. The Balaban J connectivity index is 2.26. The summed E-state index contributed by atoms with van der Waals surface area (Å²) in [5.41, 5.74) is 2.04. The molecule has 0 saturated heterocycles. The van der Waals surface area contributed by atoms with Gasteiger partial charge in [-0.2, -0.15) is 5.26 Å². The summed E-state index contributed by atoms with van der Waals surface area (Å²) in [6.07, 6.45) is 0.115. The SMILES string of the molecule is CCOC(=O)Cc1nc2cc(C#N)ccc2[nH]1. The molecule has 0 amide bonds. The number of nitrogens with zero attached hydrogens (tertiary/aromatic N) is 2. The van der Waals surface area contributed by atoms with Crippen LogP contribution in [0.15, 0.2) is 18.2 Å². The van der Waals surface area contributed by atoms with Gasteiger partial charge in [-0.1, -0.05) is 0 Å². The van der Waals surface area contributed by atoms with Crippen LogP contribution in [0.3, 0.4) is 0 Å². The summed E-state index contributed by atoms with van der Waals surface area (Å²) in [5.74, 6) is 0.237. The number of imidazole rings is 1. The number of rotatable bonds is 3. The average Bonchev–Trinajstić information content (AvgIpc) is 2.69. The van der Waals surface area contributed by atoms with Crippen molar-refractivity contribution in [2.45, 2.75) is 13.3 Å². The average molecular weight is 229 g/mol. The number of carbonyl (C=O) groups is 1. The Labute approximate surface area is 98.0 Å². The van der Waals surface area contributed by atoms with Crippen molar-refractivity contribution in [3.8, 4) is 6.07 Å². The van der Waals surface area contributed by atoms with Gasteiger partial charge in [-0.3, -0.25) is 4.79 Å². The molecule has 2 rings (SSSR count). The largest absolute Gasteiger partial charge is 0.466 e. The second-order valence-electron chi connectivity index (χ2n) is 3.51. The number of fused-ring (bicyclic) bond motifs is 1. The molecule has 0 aliphatic heterocycles. The fourth-order valence-corrected chi connectivity index (χ4v) is 1.56. The predicted octanol–water partition coefficient (Wildman–Crippen LogP) is 1.54. The van der Waals surface area contributed by atoms with Gasteiger partial charge in [0.1, 0.15) is 12.2 Å². The van der Waals surface area contributed by atoms with Gasteiger partial charge in [0.25, 0.3) is 0 Å². The molecule has 1 heterocycles. The Hall–Kier alpha value is -2.35. The van der Waals surface area contributed by atoms with Gasteiger partial charge in [0.05, 0.1) is 29.3 Å². The van der Waals surface area contributed by atoms with E-state index in [1.165, 1.54) is 0 Å². The number of benzene rings is 1. The zero-order chi connectivity index (χ0) is 12.3. The van der Waals surface area contributed by atoms with E-state index in [9.17, 15) is 4.79 Å². The van der Waals surface area contributed by atoms with Crippen LogP contribution >= 0.6 is 0 Å². The maximum atomic E-state index is 11.3. The molecule has 5 heteroatoms. The summed E-state index contributed by atoms with van der Waals surface area (Å²) in [6.45, 7) is 2.12. The van der Waals surface area contributed by atoms with Crippen molar-refractivity contribution in [3.63, 3.8) is 0 Å². The molecule has 86 valence electrons. The van der Waals surface area contributed by atoms with Gasteiger partial charge in [-0.25, -0.2) is 4.98 Å². The van der Waals surface area contributed by atoms with Gasteiger partial charge in [-0.15, -0.1) is 0 Å². The van der Waals surface area contributed by atoms with Crippen LogP contribution in [0.1, 0.15) is 18.3 Å². The van der Waals surface area contributed by atoms with Crippen molar-refractivity contribution in [2.24, 2.45) is 0 Å². The molecule has 0 fully saturated rings. The lowest BCUT2D eigenvalue weighted by atomic mass is 10.2. The molecule has 1 N–H and O–H groups in total. The van der Waals surface area contributed by atoms with E-state index in [2.05, 4.69) is 9.97 Å². The highest BCUT2D eigenvalue weighted by molar-refractivity contribution is 5.78. The molecule has 0 aliphatic carbocycles. The lowest BCUT2D eigenvalue weighted by Gasteiger charge is -1.97. The highest BCUT2D eigenvalue weighted by Crippen LogP contribution is 2.13. The minimum Gasteiger partial charge on any atom is -0.466 e. The molecule has 5 nitrogen and oxygen atoms in total. The lowest BCUT2D eigenvalue weighted by Crippen LogP contribution is -2.08. The lowest BCUT2D eigenvalue weighted by molar-refractivity contribution is -0.142. The van der Waals surface area contributed by atoms with E-state index in [0.29, 0.717) is 23.5 Å². The van der Waals surface area contributed by atoms with Crippen LogP contribution in [0.2, 0.25) is 0 Å². The van der Waals surface area contributed by atoms with E-state index in [0.717, 1.165) is 5.52 Å². The molecule has 2 aromatic rings. The normalized spacial score (nSPS) is 10.1. The third-order valence-corrected chi connectivity index (χ3v) is 2.28. The first-order valence-electron chi connectivity index (χ1n) is 5.27. The molecule has 0 radical (unpaired) electrons. The summed E-state index contributed by atoms with van der Waals surface area (Å²) in [7, 11) is 0. The second-order valence-corrected chi connectivity index (χ2v) is 3.51. The number of hydrogen-bond acceptors (Lipinski definition) is 4. The second kappa shape index (κ2) is 4.66. The van der Waals surface area contributed by atoms with Crippen LogP contribution in [-0.4, -0.2) is 22.5 Å². The first-order valence-corrected chi connectivity index (χ1v) is 5.27. The van der Waals surface area contributed by atoms with Crippen LogP contribution in [0.25, 0.3) is 11.0 Å². The predicted molar refractivity (Wildman–Crippen MR) is 61.1 cm³/mol. The number of aromatic nitrogens is 2. The molecule has 0 unspecified atom stereocenters. The summed E-state index contributed by atoms with van der Waals surface area (Å²) in [4.78, 5) is 18.5. The maximum Gasteiger partial charge on any atom is 0.313 e. The molecule has 0 bridgehead atoms. The number of esters is 1. The number of hydrogen-bond donors (Lipinski definition) is 1. The fraction of sp³-hybridized carbons (Fsp3) is 0.250. The number of carbonyl (C=O) groups excluding carboxylic acids is 1. The Morgan fingerprint density at radius 2 is 2.41 bits per heavy atom. The van der Waals surface area contributed by atoms with Crippen LogP contribution in [0.4, 0.5) is 0 Å². The molecule has 0 atom stereocenters. The van der Waals surface area contributed by atoms with E-state index in [4.69, 9.17) is 10.00 Å². The quantitative estimate of drug-likeness (QED) is 0.809. The molecule has 1 aromatic carbocycles. The standard InChI is InChI=1S/C12H11N3O2/c1-2-17-12(16)6-11-14-9-4-3-8(7-13)5-10(9)15-11/h3-5H,2,6H2,1H3,(H,14,15). The van der Waals surface area contributed by atoms with E-state index >= 15 is 0 Å². The highest BCUT2D eigenvalue weighted by Gasteiger charge is 2.09. The first-order chi connectivity index (χ1) is 8.22. The molecular formula is C12H11N3O2. The number of nitrogens with one attached hydrogen (secondary N) is 1. The van der Waals surface area contributed by atoms with Crippen molar-refractivity contribution in [1.82, 2.24) is 9.97 Å². The van der Waals surface area contributed by atoms with E-state index in [-0.39, 0.29) is 12.4 Å². The van der Waals surface area contributed by atoms with Crippen molar-refractivity contribution >= 4 is 17.0 Å². The van der Waals surface area contributed by atoms with Gasteiger partial charge in [0.15, 0.2) is 0 Å². The van der Waals surface area contributed by atoms with Crippen molar-refractivity contribution < 1.29 is 9.53 Å². The van der Waals surface area contributed by atoms with Crippen LogP contribution in [-0.2, 0) is 16.0 Å². The Kier molecular flexibility index (Phi) is 3.06. The van der Waals surface area contributed by atoms with Crippen molar-refractivity contribution in [3.05, 3.63) is 29.6 Å². The van der Waals surface area contributed by atoms with Gasteiger partial charge in [0, 0.05) is 0 Å². The van der Waals surface area contributed by atoms with Crippen LogP contribution in [0, 0.1) is 11.3 Å². The highest BCUT2D eigenvalue weighted by atomic mass is 16.5. The summed E-state index contributed by atoms with van der Waals surface area (Å²) < 4.78 is 4.84. The smallest absolute Gasteiger partial charge is 0.313 e.